The molecule has 3 aromatic rings. The molecule has 4 N–H and O–H groups in total. The number of fused-ring (bicyclic) bond motifs is 1. The van der Waals surface area contributed by atoms with Crippen LogP contribution in [0.5, 0.6) is 11.5 Å². The molecule has 2 heterocycles. The average Bonchev–Trinajstić information content (AvgIpc) is 3.14. The Kier molecular flexibility index (Phi) is 5.85. The SMILES string of the molecule is CN(CCO)c1ccc(CN2CCc3[nH]nc(-c4cc(Cl)c(O)cc4O)c3C2)cc1. The van der Waals surface area contributed by atoms with Crippen LogP contribution in [0, 0.1) is 0 Å². The zero-order valence-corrected chi connectivity index (χ0v) is 17.5. The average molecular weight is 429 g/mol. The molecule has 0 bridgehead atoms. The molecule has 0 amide bonds. The highest BCUT2D eigenvalue weighted by atomic mass is 35.5. The molecule has 30 heavy (non-hydrogen) atoms. The molecule has 0 spiro atoms. The van der Waals surface area contributed by atoms with Gasteiger partial charge in [0.2, 0.25) is 0 Å². The minimum atomic E-state index is -0.156. The van der Waals surface area contributed by atoms with Gasteiger partial charge in [-0.25, -0.2) is 0 Å². The molecular formula is C22H25ClN4O3. The standard InChI is InChI=1S/C22H25ClN4O3/c1-26(8-9-28)15-4-2-14(3-5-15)12-27-7-6-19-17(13-27)22(25-24-19)16-10-18(23)21(30)11-20(16)29/h2-5,10-11,28-30H,6-9,12-13H2,1H3,(H,24,25). The molecule has 0 aliphatic carbocycles. The van der Waals surface area contributed by atoms with Crippen LogP contribution >= 0.6 is 11.6 Å². The third kappa shape index (κ3) is 4.09. The molecule has 0 atom stereocenters. The number of halogens is 1. The van der Waals surface area contributed by atoms with Crippen LogP contribution in [0.2, 0.25) is 5.02 Å². The van der Waals surface area contributed by atoms with E-state index in [0.717, 1.165) is 36.5 Å². The fraction of sp³-hybridized carbons (Fsp3) is 0.318. The third-order valence-corrected chi connectivity index (χ3v) is 5.85. The number of aliphatic hydroxyl groups is 1. The molecule has 2 aromatic carbocycles. The molecule has 1 aliphatic rings. The monoisotopic (exact) mass is 428 g/mol. The zero-order valence-electron chi connectivity index (χ0n) is 16.8. The maximum absolute atomic E-state index is 10.3. The van der Waals surface area contributed by atoms with Crippen molar-refractivity contribution in [1.82, 2.24) is 15.1 Å². The number of anilines is 1. The van der Waals surface area contributed by atoms with Gasteiger partial charge in [-0.3, -0.25) is 10.00 Å². The molecule has 1 aliphatic heterocycles. The van der Waals surface area contributed by atoms with E-state index >= 15 is 0 Å². The quantitative estimate of drug-likeness (QED) is 0.481. The van der Waals surface area contributed by atoms with Crippen LogP contribution in [0.25, 0.3) is 11.3 Å². The fourth-order valence-electron chi connectivity index (χ4n) is 3.84. The fourth-order valence-corrected chi connectivity index (χ4v) is 4.01. The van der Waals surface area contributed by atoms with E-state index in [1.54, 1.807) is 6.07 Å². The summed E-state index contributed by atoms with van der Waals surface area (Å²) < 4.78 is 0. The molecule has 4 rings (SSSR count). The Bertz CT molecular complexity index is 1040. The first kappa shape index (κ1) is 20.5. The molecular weight excluding hydrogens is 404 g/mol. The smallest absolute Gasteiger partial charge is 0.137 e. The number of rotatable bonds is 6. The molecule has 8 heteroatoms. The van der Waals surface area contributed by atoms with Gasteiger partial charge < -0.3 is 20.2 Å². The van der Waals surface area contributed by atoms with Crippen molar-refractivity contribution in [2.75, 3.05) is 31.6 Å². The molecule has 158 valence electrons. The number of phenols is 2. The summed E-state index contributed by atoms with van der Waals surface area (Å²) in [6.07, 6.45) is 0.840. The second-order valence-corrected chi connectivity index (χ2v) is 8.03. The number of phenolic OH excluding ortho intramolecular Hbond substituents is 2. The van der Waals surface area contributed by atoms with Gasteiger partial charge in [-0.15, -0.1) is 0 Å². The van der Waals surface area contributed by atoms with Gasteiger partial charge in [-0.1, -0.05) is 23.7 Å². The van der Waals surface area contributed by atoms with Crippen LogP contribution in [0.15, 0.2) is 36.4 Å². The number of hydrogen-bond donors (Lipinski definition) is 4. The van der Waals surface area contributed by atoms with E-state index in [-0.39, 0.29) is 23.1 Å². The summed E-state index contributed by atoms with van der Waals surface area (Å²) in [6.45, 7) is 3.14. The third-order valence-electron chi connectivity index (χ3n) is 5.55. The number of benzene rings is 2. The van der Waals surface area contributed by atoms with Gasteiger partial charge in [-0.2, -0.15) is 5.10 Å². The molecule has 0 unspecified atom stereocenters. The lowest BCUT2D eigenvalue weighted by Crippen LogP contribution is -2.30. The number of aromatic amines is 1. The zero-order chi connectivity index (χ0) is 21.3. The predicted octanol–water partition coefficient (Wildman–Crippen LogP) is 3.13. The first-order valence-electron chi connectivity index (χ1n) is 9.87. The number of nitrogens with one attached hydrogen (secondary N) is 1. The second-order valence-electron chi connectivity index (χ2n) is 7.62. The van der Waals surface area contributed by atoms with Crippen molar-refractivity contribution in [3.05, 3.63) is 58.2 Å². The minimum Gasteiger partial charge on any atom is -0.507 e. The van der Waals surface area contributed by atoms with Crippen molar-refractivity contribution in [2.45, 2.75) is 19.5 Å². The van der Waals surface area contributed by atoms with Crippen molar-refractivity contribution < 1.29 is 15.3 Å². The normalized spacial score (nSPS) is 14.0. The lowest BCUT2D eigenvalue weighted by atomic mass is 9.99. The van der Waals surface area contributed by atoms with Gasteiger partial charge >= 0.3 is 0 Å². The van der Waals surface area contributed by atoms with Gasteiger partial charge in [0.1, 0.15) is 17.2 Å². The highest BCUT2D eigenvalue weighted by molar-refractivity contribution is 6.32. The van der Waals surface area contributed by atoms with Gasteiger partial charge in [0.25, 0.3) is 0 Å². The number of likely N-dealkylation sites (N-methyl/N-ethyl adjacent to an activating group) is 1. The van der Waals surface area contributed by atoms with Gasteiger partial charge in [-0.05, 0) is 23.8 Å². The number of aromatic nitrogens is 2. The summed E-state index contributed by atoms with van der Waals surface area (Å²) >= 11 is 6.05. The minimum absolute atomic E-state index is 0.0501. The van der Waals surface area contributed by atoms with Gasteiger partial charge in [0.05, 0.1) is 11.6 Å². The predicted molar refractivity (Wildman–Crippen MR) is 117 cm³/mol. The maximum Gasteiger partial charge on any atom is 0.137 e. The van der Waals surface area contributed by atoms with E-state index in [1.165, 1.54) is 11.6 Å². The van der Waals surface area contributed by atoms with Gasteiger partial charge in [0.15, 0.2) is 0 Å². The lowest BCUT2D eigenvalue weighted by Gasteiger charge is -2.27. The maximum atomic E-state index is 10.3. The number of nitrogens with zero attached hydrogens (tertiary/aromatic N) is 3. The number of H-pyrrole nitrogens is 1. The van der Waals surface area contributed by atoms with E-state index < -0.39 is 0 Å². The Balaban J connectivity index is 1.52. The van der Waals surface area contributed by atoms with E-state index in [4.69, 9.17) is 16.7 Å². The van der Waals surface area contributed by atoms with Crippen molar-refractivity contribution in [2.24, 2.45) is 0 Å². The van der Waals surface area contributed by atoms with Crippen LogP contribution < -0.4 is 4.90 Å². The summed E-state index contributed by atoms with van der Waals surface area (Å²) in [5, 5.41) is 36.8. The van der Waals surface area contributed by atoms with Crippen molar-refractivity contribution in [1.29, 1.82) is 0 Å². The molecule has 0 radical (unpaired) electrons. The Labute approximate surface area is 180 Å². The molecule has 1 aromatic heterocycles. The number of aromatic hydroxyl groups is 2. The summed E-state index contributed by atoms with van der Waals surface area (Å²) in [5.74, 6) is -0.206. The van der Waals surface area contributed by atoms with E-state index in [9.17, 15) is 10.2 Å². The Morgan fingerprint density at radius 1 is 1.17 bits per heavy atom. The van der Waals surface area contributed by atoms with Crippen molar-refractivity contribution >= 4 is 17.3 Å². The summed E-state index contributed by atoms with van der Waals surface area (Å²) in [5.41, 5.74) is 5.55. The molecule has 0 saturated carbocycles. The van der Waals surface area contributed by atoms with Crippen molar-refractivity contribution in [3.63, 3.8) is 0 Å². The summed E-state index contributed by atoms with van der Waals surface area (Å²) in [7, 11) is 1.96. The summed E-state index contributed by atoms with van der Waals surface area (Å²) in [6, 6.07) is 11.2. The van der Waals surface area contributed by atoms with Gasteiger partial charge in [0, 0.05) is 68.2 Å². The van der Waals surface area contributed by atoms with Crippen LogP contribution in [0.1, 0.15) is 16.8 Å². The van der Waals surface area contributed by atoms with Crippen LogP contribution in [-0.4, -0.2) is 57.2 Å². The van der Waals surface area contributed by atoms with E-state index in [0.29, 0.717) is 24.3 Å². The molecule has 7 nitrogen and oxygen atoms in total. The Morgan fingerprint density at radius 3 is 2.67 bits per heavy atom. The number of hydrogen-bond acceptors (Lipinski definition) is 6. The topological polar surface area (TPSA) is 95.9 Å². The van der Waals surface area contributed by atoms with E-state index in [2.05, 4.69) is 39.4 Å². The molecule has 0 fully saturated rings. The lowest BCUT2D eigenvalue weighted by molar-refractivity contribution is 0.245. The highest BCUT2D eigenvalue weighted by Gasteiger charge is 2.24. The van der Waals surface area contributed by atoms with Crippen molar-refractivity contribution in [3.8, 4) is 22.8 Å². The largest absolute Gasteiger partial charge is 0.507 e. The van der Waals surface area contributed by atoms with Crippen LogP contribution in [0.4, 0.5) is 5.69 Å². The van der Waals surface area contributed by atoms with Crippen LogP contribution in [0.3, 0.4) is 0 Å². The van der Waals surface area contributed by atoms with E-state index in [1.807, 2.05) is 11.9 Å². The number of aliphatic hydroxyl groups excluding tert-OH is 1. The Hall–Kier alpha value is -2.74. The van der Waals surface area contributed by atoms with Crippen LogP contribution in [-0.2, 0) is 19.5 Å². The Morgan fingerprint density at radius 2 is 1.93 bits per heavy atom. The first-order valence-corrected chi connectivity index (χ1v) is 10.3. The first-order chi connectivity index (χ1) is 14.5. The second kappa shape index (κ2) is 8.55. The highest BCUT2D eigenvalue weighted by Crippen LogP contribution is 2.39. The summed E-state index contributed by atoms with van der Waals surface area (Å²) in [4.78, 5) is 4.36. The molecule has 0 saturated heterocycles.